The first-order valence-electron chi connectivity index (χ1n) is 9.75. The van der Waals surface area contributed by atoms with E-state index in [2.05, 4.69) is 20.4 Å². The van der Waals surface area contributed by atoms with Gasteiger partial charge in [0.15, 0.2) is 0 Å². The van der Waals surface area contributed by atoms with E-state index in [4.69, 9.17) is 16.4 Å². The third kappa shape index (κ3) is 6.90. The molecular formula is C23H21ClN4O4S. The molecule has 0 aliphatic rings. The maximum absolute atomic E-state index is 12.6. The Hall–Kier alpha value is -3.69. The Morgan fingerprint density at radius 3 is 2.33 bits per heavy atom. The molecule has 0 heterocycles. The summed E-state index contributed by atoms with van der Waals surface area (Å²) in [6.45, 7) is 3.46. The van der Waals surface area contributed by atoms with Crippen LogP contribution in [0.4, 0.5) is 10.5 Å². The summed E-state index contributed by atoms with van der Waals surface area (Å²) >= 11 is 5.90. The summed E-state index contributed by atoms with van der Waals surface area (Å²) in [5, 5.41) is 10.8. The third-order valence-corrected chi connectivity index (χ3v) is 5.79. The maximum Gasteiger partial charge on any atom is 0.437 e. The average Bonchev–Trinajstić information content (AvgIpc) is 2.79. The van der Waals surface area contributed by atoms with Crippen molar-refractivity contribution in [1.29, 1.82) is 0 Å². The Kier molecular flexibility index (Phi) is 7.81. The van der Waals surface area contributed by atoms with Crippen molar-refractivity contribution in [3.8, 4) is 0 Å². The molecular weight excluding hydrogens is 464 g/mol. The molecule has 3 aromatic carbocycles. The van der Waals surface area contributed by atoms with Crippen LogP contribution in [0.25, 0.3) is 0 Å². The smallest absolute Gasteiger partial charge is 0.297 e. The van der Waals surface area contributed by atoms with Crippen molar-refractivity contribution in [2.24, 2.45) is 10.3 Å². The molecule has 1 amide bonds. The molecule has 3 aromatic rings. The van der Waals surface area contributed by atoms with Gasteiger partial charge in [0.2, 0.25) is 0 Å². The number of rotatable bonds is 7. The fourth-order valence-electron chi connectivity index (χ4n) is 2.68. The van der Waals surface area contributed by atoms with Crippen LogP contribution in [0.1, 0.15) is 18.1 Å². The van der Waals surface area contributed by atoms with Crippen LogP contribution < -0.4 is 10.1 Å². The molecule has 0 fully saturated rings. The number of halogens is 1. The number of hydrogen-bond acceptors (Lipinski definition) is 6. The number of hydrogen-bond donors (Lipinski definition) is 2. The van der Waals surface area contributed by atoms with Gasteiger partial charge in [-0.25, -0.2) is 4.79 Å². The fraction of sp³-hybridized carbons (Fsp3) is 0.0870. The monoisotopic (exact) mass is 484 g/mol. The number of amides is 1. The van der Waals surface area contributed by atoms with Gasteiger partial charge in [-0.2, -0.15) is 18.4 Å². The van der Waals surface area contributed by atoms with Crippen molar-refractivity contribution < 1.29 is 18.0 Å². The normalized spacial score (nSPS) is 12.2. The van der Waals surface area contributed by atoms with Gasteiger partial charge in [-0.1, -0.05) is 70.9 Å². The number of aryl methyl sites for hydroxylation is 1. The van der Waals surface area contributed by atoms with Gasteiger partial charge < -0.3 is 0 Å². The van der Waals surface area contributed by atoms with E-state index in [0.717, 1.165) is 5.56 Å². The standard InChI is InChI=1S/C23H21ClN4O4S/c1-16-11-13-18(14-12-16)22(26-28-33(30,31)21-9-4-3-5-10-21)17(2)27-32-23(29)25-20-8-6-7-19(24)15-20/h3-15,28H,1-2H3,(H,25,29)/b26-22-,27-17-. The van der Waals surface area contributed by atoms with E-state index in [1.807, 2.05) is 19.1 Å². The lowest BCUT2D eigenvalue weighted by Crippen LogP contribution is -2.24. The van der Waals surface area contributed by atoms with Gasteiger partial charge in [-0.3, -0.25) is 10.2 Å². The molecule has 0 aromatic heterocycles. The third-order valence-electron chi connectivity index (χ3n) is 4.34. The van der Waals surface area contributed by atoms with E-state index >= 15 is 0 Å². The molecule has 33 heavy (non-hydrogen) atoms. The first kappa shape index (κ1) is 24.0. The molecule has 0 saturated carbocycles. The topological polar surface area (TPSA) is 109 Å². The van der Waals surface area contributed by atoms with Crippen LogP contribution in [0, 0.1) is 6.92 Å². The number of carbonyl (C=O) groups is 1. The highest BCUT2D eigenvalue weighted by Gasteiger charge is 2.15. The molecule has 0 atom stereocenters. The van der Waals surface area contributed by atoms with Crippen molar-refractivity contribution in [1.82, 2.24) is 4.83 Å². The van der Waals surface area contributed by atoms with Crippen molar-refractivity contribution in [3.63, 3.8) is 0 Å². The quantitative estimate of drug-likeness (QED) is 0.280. The molecule has 0 aliphatic carbocycles. The molecule has 0 unspecified atom stereocenters. The number of hydrazone groups is 1. The Bertz CT molecular complexity index is 1290. The van der Waals surface area contributed by atoms with Gasteiger partial charge >= 0.3 is 6.09 Å². The summed E-state index contributed by atoms with van der Waals surface area (Å²) in [4.78, 5) is 19.3. The number of benzene rings is 3. The highest BCUT2D eigenvalue weighted by atomic mass is 35.5. The summed E-state index contributed by atoms with van der Waals surface area (Å²) < 4.78 is 25.2. The van der Waals surface area contributed by atoms with Crippen LogP contribution in [-0.2, 0) is 14.9 Å². The van der Waals surface area contributed by atoms with Crippen LogP contribution in [0.15, 0.2) is 94.0 Å². The Morgan fingerprint density at radius 1 is 0.970 bits per heavy atom. The number of oxime groups is 1. The van der Waals surface area contributed by atoms with Crippen LogP contribution in [-0.4, -0.2) is 25.9 Å². The summed E-state index contributed by atoms with van der Waals surface area (Å²) in [6, 6.07) is 21.6. The van der Waals surface area contributed by atoms with Crippen LogP contribution >= 0.6 is 11.6 Å². The second kappa shape index (κ2) is 10.8. The van der Waals surface area contributed by atoms with Crippen molar-refractivity contribution >= 4 is 44.8 Å². The minimum absolute atomic E-state index is 0.0590. The highest BCUT2D eigenvalue weighted by Crippen LogP contribution is 2.15. The second-order valence-electron chi connectivity index (χ2n) is 6.93. The molecule has 8 nitrogen and oxygen atoms in total. The summed E-state index contributed by atoms with van der Waals surface area (Å²) in [5.41, 5.74) is 2.38. The molecule has 10 heteroatoms. The SMILES string of the molecule is CC(=N/OC(=O)Nc1cccc(Cl)c1)/C(=N/NS(=O)(=O)c1ccccc1)c1ccc(C)cc1. The molecule has 2 N–H and O–H groups in total. The first-order valence-corrected chi connectivity index (χ1v) is 11.6. The van der Waals surface area contributed by atoms with E-state index in [1.165, 1.54) is 12.1 Å². The predicted molar refractivity (Wildman–Crippen MR) is 129 cm³/mol. The van der Waals surface area contributed by atoms with Gasteiger partial charge in [-0.15, -0.1) is 0 Å². The molecule has 0 radical (unpaired) electrons. The van der Waals surface area contributed by atoms with Crippen LogP contribution in [0.5, 0.6) is 0 Å². The van der Waals surface area contributed by atoms with Gasteiger partial charge in [0.1, 0.15) is 11.4 Å². The lowest BCUT2D eigenvalue weighted by molar-refractivity contribution is 0.166. The second-order valence-corrected chi connectivity index (χ2v) is 9.02. The Balaban J connectivity index is 1.83. The lowest BCUT2D eigenvalue weighted by Gasteiger charge is -2.09. The zero-order valence-corrected chi connectivity index (χ0v) is 19.4. The molecule has 0 aliphatic heterocycles. The van der Waals surface area contributed by atoms with E-state index in [1.54, 1.807) is 61.5 Å². The summed E-state index contributed by atoms with van der Waals surface area (Å²) in [5.74, 6) is 0. The number of nitrogens with zero attached hydrogens (tertiary/aromatic N) is 2. The van der Waals surface area contributed by atoms with Crippen molar-refractivity contribution in [3.05, 3.63) is 95.0 Å². The van der Waals surface area contributed by atoms with E-state index in [9.17, 15) is 13.2 Å². The van der Waals surface area contributed by atoms with E-state index < -0.39 is 16.1 Å². The number of sulfonamides is 1. The summed E-state index contributed by atoms with van der Waals surface area (Å²) in [6.07, 6.45) is -0.843. The minimum atomic E-state index is -3.91. The van der Waals surface area contributed by atoms with Crippen molar-refractivity contribution in [2.75, 3.05) is 5.32 Å². The predicted octanol–water partition coefficient (Wildman–Crippen LogP) is 4.96. The zero-order valence-electron chi connectivity index (χ0n) is 17.8. The average molecular weight is 485 g/mol. The lowest BCUT2D eigenvalue weighted by atomic mass is 10.1. The van der Waals surface area contributed by atoms with Crippen LogP contribution in [0.3, 0.4) is 0 Å². The number of anilines is 1. The first-order chi connectivity index (χ1) is 15.7. The van der Waals surface area contributed by atoms with E-state index in [0.29, 0.717) is 16.3 Å². The number of carbonyl (C=O) groups excluding carboxylic acids is 1. The highest BCUT2D eigenvalue weighted by molar-refractivity contribution is 7.89. The van der Waals surface area contributed by atoms with Crippen LogP contribution in [0.2, 0.25) is 5.02 Å². The molecule has 0 spiro atoms. The molecule has 0 saturated heterocycles. The Labute approximate surface area is 197 Å². The molecule has 0 bridgehead atoms. The van der Waals surface area contributed by atoms with Gasteiger partial charge in [-0.05, 0) is 44.2 Å². The summed E-state index contributed by atoms with van der Waals surface area (Å²) in [7, 11) is -3.91. The molecule has 170 valence electrons. The minimum Gasteiger partial charge on any atom is -0.297 e. The van der Waals surface area contributed by atoms with Gasteiger partial charge in [0, 0.05) is 16.3 Å². The van der Waals surface area contributed by atoms with Gasteiger partial charge in [0.05, 0.1) is 4.90 Å². The van der Waals surface area contributed by atoms with E-state index in [-0.39, 0.29) is 16.3 Å². The fourth-order valence-corrected chi connectivity index (χ4v) is 3.71. The van der Waals surface area contributed by atoms with Gasteiger partial charge in [0.25, 0.3) is 10.0 Å². The Morgan fingerprint density at radius 2 is 1.67 bits per heavy atom. The maximum atomic E-state index is 12.6. The largest absolute Gasteiger partial charge is 0.437 e. The zero-order chi connectivity index (χ0) is 23.8. The molecule has 3 rings (SSSR count). The number of nitrogens with one attached hydrogen (secondary N) is 2. The van der Waals surface area contributed by atoms with Crippen molar-refractivity contribution in [2.45, 2.75) is 18.7 Å².